The van der Waals surface area contributed by atoms with Crippen molar-refractivity contribution in [3.63, 3.8) is 0 Å². The highest BCUT2D eigenvalue weighted by atomic mass is 32.1. The smallest absolute Gasteiger partial charge is 0.130 e. The summed E-state index contributed by atoms with van der Waals surface area (Å²) in [6, 6.07) is 8.27. The fourth-order valence-electron chi connectivity index (χ4n) is 1.88. The number of thiazole rings is 1. The summed E-state index contributed by atoms with van der Waals surface area (Å²) in [6.07, 6.45) is 1.42. The van der Waals surface area contributed by atoms with Crippen molar-refractivity contribution in [2.24, 2.45) is 0 Å². The minimum absolute atomic E-state index is 0.236. The molecule has 0 N–H and O–H groups in total. The molecule has 1 heterocycles. The molecule has 0 aliphatic rings. The van der Waals surface area contributed by atoms with Crippen molar-refractivity contribution in [1.29, 1.82) is 0 Å². The van der Waals surface area contributed by atoms with Crippen molar-refractivity contribution in [2.75, 3.05) is 0 Å². The molecule has 18 heavy (non-hydrogen) atoms. The summed E-state index contributed by atoms with van der Waals surface area (Å²) < 4.78 is 0. The lowest BCUT2D eigenvalue weighted by Crippen LogP contribution is -1.93. The zero-order valence-corrected chi connectivity index (χ0v) is 11.8. The molecule has 0 saturated carbocycles. The van der Waals surface area contributed by atoms with E-state index in [-0.39, 0.29) is 5.78 Å². The summed E-state index contributed by atoms with van der Waals surface area (Å²) in [5.41, 5.74) is 3.49. The molecule has 0 atom stereocenters. The van der Waals surface area contributed by atoms with Crippen LogP contribution in [0, 0.1) is 13.8 Å². The number of aromatic nitrogens is 1. The number of carbonyl (C=O) groups excluding carboxylic acids is 1. The Balaban J connectivity index is 2.29. The van der Waals surface area contributed by atoms with Crippen LogP contribution in [0.25, 0.3) is 10.6 Å². The van der Waals surface area contributed by atoms with Crippen molar-refractivity contribution >= 4 is 17.1 Å². The van der Waals surface area contributed by atoms with Gasteiger partial charge in [-0.05, 0) is 32.8 Å². The largest absolute Gasteiger partial charge is 0.300 e. The zero-order valence-electron chi connectivity index (χ0n) is 11.0. The standard InChI is InChI=1S/C15H17NOS/c1-10-6-4-5-7-13(10)15-16-12(3)14(18-15)9-8-11(2)17/h4-7H,8-9H2,1-3H3. The summed E-state index contributed by atoms with van der Waals surface area (Å²) in [5.74, 6) is 0.236. The molecule has 0 fully saturated rings. The van der Waals surface area contributed by atoms with Crippen molar-refractivity contribution in [3.05, 3.63) is 40.4 Å². The second kappa shape index (κ2) is 5.44. The molecule has 0 bridgehead atoms. The van der Waals surface area contributed by atoms with E-state index in [1.54, 1.807) is 18.3 Å². The first-order valence-corrected chi connectivity index (χ1v) is 6.91. The van der Waals surface area contributed by atoms with E-state index in [1.165, 1.54) is 16.0 Å². The van der Waals surface area contributed by atoms with Crippen LogP contribution in [-0.4, -0.2) is 10.8 Å². The third-order valence-corrected chi connectivity index (χ3v) is 4.22. The van der Waals surface area contributed by atoms with Crippen LogP contribution in [0.3, 0.4) is 0 Å². The first-order chi connectivity index (χ1) is 8.58. The second-order valence-electron chi connectivity index (χ2n) is 4.54. The van der Waals surface area contributed by atoms with Gasteiger partial charge in [0.05, 0.1) is 5.69 Å². The number of hydrogen-bond donors (Lipinski definition) is 0. The number of ketones is 1. The molecule has 0 saturated heterocycles. The van der Waals surface area contributed by atoms with E-state index in [9.17, 15) is 4.79 Å². The molecule has 1 aromatic heterocycles. The van der Waals surface area contributed by atoms with Crippen molar-refractivity contribution in [3.8, 4) is 10.6 Å². The Morgan fingerprint density at radius 1 is 1.28 bits per heavy atom. The number of nitrogens with zero attached hydrogens (tertiary/aromatic N) is 1. The normalized spacial score (nSPS) is 10.6. The first-order valence-electron chi connectivity index (χ1n) is 6.09. The average molecular weight is 259 g/mol. The van der Waals surface area contributed by atoms with Crippen LogP contribution >= 0.6 is 11.3 Å². The Hall–Kier alpha value is -1.48. The van der Waals surface area contributed by atoms with Crippen molar-refractivity contribution in [1.82, 2.24) is 4.98 Å². The van der Waals surface area contributed by atoms with Crippen molar-refractivity contribution in [2.45, 2.75) is 33.6 Å². The van der Waals surface area contributed by atoms with E-state index < -0.39 is 0 Å². The predicted octanol–water partition coefficient (Wildman–Crippen LogP) is 3.95. The minimum Gasteiger partial charge on any atom is -0.300 e. The summed E-state index contributed by atoms with van der Waals surface area (Å²) in [4.78, 5) is 16.9. The topological polar surface area (TPSA) is 30.0 Å². The number of carbonyl (C=O) groups is 1. The first kappa shape index (κ1) is 13.0. The molecular weight excluding hydrogens is 242 g/mol. The fraction of sp³-hybridized carbons (Fsp3) is 0.333. The van der Waals surface area contributed by atoms with Gasteiger partial charge < -0.3 is 4.79 Å². The van der Waals surface area contributed by atoms with Gasteiger partial charge in [0.25, 0.3) is 0 Å². The SMILES string of the molecule is CC(=O)CCc1sc(-c2ccccc2C)nc1C. The van der Waals surface area contributed by atoms with Gasteiger partial charge in [-0.3, -0.25) is 0 Å². The molecule has 0 amide bonds. The Morgan fingerprint density at radius 2 is 2.00 bits per heavy atom. The minimum atomic E-state index is 0.236. The van der Waals surface area contributed by atoms with Gasteiger partial charge >= 0.3 is 0 Å². The number of rotatable bonds is 4. The lowest BCUT2D eigenvalue weighted by atomic mass is 10.1. The molecule has 2 rings (SSSR count). The van der Waals surface area contributed by atoms with Gasteiger partial charge in [0.2, 0.25) is 0 Å². The molecule has 2 nitrogen and oxygen atoms in total. The monoisotopic (exact) mass is 259 g/mol. The van der Waals surface area contributed by atoms with Crippen LogP contribution in [0.4, 0.5) is 0 Å². The Kier molecular flexibility index (Phi) is 3.92. The van der Waals surface area contributed by atoms with E-state index in [4.69, 9.17) is 0 Å². The average Bonchev–Trinajstić information content (AvgIpc) is 2.68. The van der Waals surface area contributed by atoms with Crippen LogP contribution in [0.5, 0.6) is 0 Å². The maximum atomic E-state index is 11.0. The van der Waals surface area contributed by atoms with Gasteiger partial charge in [0.1, 0.15) is 10.8 Å². The number of Topliss-reactive ketones (excluding diaryl/α,β-unsaturated/α-hetero) is 1. The lowest BCUT2D eigenvalue weighted by molar-refractivity contribution is -0.116. The van der Waals surface area contributed by atoms with Crippen LogP contribution in [0.1, 0.15) is 29.5 Å². The molecule has 2 aromatic rings. The van der Waals surface area contributed by atoms with Gasteiger partial charge in [0.15, 0.2) is 0 Å². The second-order valence-corrected chi connectivity index (χ2v) is 5.63. The Morgan fingerprint density at radius 3 is 2.67 bits per heavy atom. The van der Waals surface area contributed by atoms with Crippen LogP contribution < -0.4 is 0 Å². The zero-order chi connectivity index (χ0) is 13.1. The number of benzene rings is 1. The van der Waals surface area contributed by atoms with Gasteiger partial charge in [-0.15, -0.1) is 11.3 Å². The molecule has 0 spiro atoms. The van der Waals surface area contributed by atoms with Crippen molar-refractivity contribution < 1.29 is 4.79 Å². The highest BCUT2D eigenvalue weighted by Gasteiger charge is 2.11. The van der Waals surface area contributed by atoms with Gasteiger partial charge in [-0.25, -0.2) is 4.98 Å². The molecule has 1 aromatic carbocycles. The maximum absolute atomic E-state index is 11.0. The molecular formula is C15H17NOS. The Bertz CT molecular complexity index is 572. The molecule has 0 aliphatic carbocycles. The van der Waals surface area contributed by atoms with E-state index in [0.29, 0.717) is 6.42 Å². The van der Waals surface area contributed by atoms with E-state index in [1.807, 2.05) is 19.1 Å². The number of aryl methyl sites for hydroxylation is 3. The van der Waals surface area contributed by atoms with E-state index in [0.717, 1.165) is 17.1 Å². The maximum Gasteiger partial charge on any atom is 0.130 e. The summed E-state index contributed by atoms with van der Waals surface area (Å²) in [5, 5.41) is 1.06. The molecule has 3 heteroatoms. The predicted molar refractivity (Wildman–Crippen MR) is 76.0 cm³/mol. The Labute approximate surface area is 112 Å². The highest BCUT2D eigenvalue weighted by Crippen LogP contribution is 2.30. The summed E-state index contributed by atoms with van der Waals surface area (Å²) in [6.45, 7) is 5.76. The summed E-state index contributed by atoms with van der Waals surface area (Å²) in [7, 11) is 0. The molecule has 0 radical (unpaired) electrons. The highest BCUT2D eigenvalue weighted by molar-refractivity contribution is 7.15. The number of hydrogen-bond acceptors (Lipinski definition) is 3. The quantitative estimate of drug-likeness (QED) is 0.832. The fourth-order valence-corrected chi connectivity index (χ4v) is 3.03. The summed E-state index contributed by atoms with van der Waals surface area (Å²) >= 11 is 1.71. The molecule has 0 unspecified atom stereocenters. The van der Waals surface area contributed by atoms with E-state index >= 15 is 0 Å². The third-order valence-electron chi connectivity index (χ3n) is 2.97. The molecule has 94 valence electrons. The molecule has 0 aliphatic heterocycles. The van der Waals surface area contributed by atoms with Gasteiger partial charge in [-0.2, -0.15) is 0 Å². The van der Waals surface area contributed by atoms with Crippen LogP contribution in [0.2, 0.25) is 0 Å². The van der Waals surface area contributed by atoms with Crippen LogP contribution in [0.15, 0.2) is 24.3 Å². The lowest BCUT2D eigenvalue weighted by Gasteiger charge is -2.00. The van der Waals surface area contributed by atoms with Gasteiger partial charge in [-0.1, -0.05) is 24.3 Å². The van der Waals surface area contributed by atoms with Crippen LogP contribution in [-0.2, 0) is 11.2 Å². The third kappa shape index (κ3) is 2.85. The van der Waals surface area contributed by atoms with E-state index in [2.05, 4.69) is 24.0 Å². The van der Waals surface area contributed by atoms with Gasteiger partial charge in [0, 0.05) is 16.9 Å².